The van der Waals surface area contributed by atoms with Gasteiger partial charge in [0.2, 0.25) is 0 Å². The molecule has 2 aromatic rings. The SMILES string of the molecule is ClCCc1nc2cc(Br)ccc2n1C1CCN(C2CC2)C1. The number of rotatable bonds is 4. The molecular formula is C16H19BrClN3. The highest BCUT2D eigenvalue weighted by Gasteiger charge is 2.35. The Kier molecular flexibility index (Phi) is 3.72. The summed E-state index contributed by atoms with van der Waals surface area (Å²) in [5.74, 6) is 1.77. The van der Waals surface area contributed by atoms with Gasteiger partial charge < -0.3 is 4.57 Å². The number of likely N-dealkylation sites (tertiary alicyclic amines) is 1. The monoisotopic (exact) mass is 367 g/mol. The third-order valence-corrected chi connectivity index (χ3v) is 5.35. The van der Waals surface area contributed by atoms with E-state index in [0.29, 0.717) is 11.9 Å². The molecule has 21 heavy (non-hydrogen) atoms. The molecule has 1 atom stereocenters. The maximum absolute atomic E-state index is 5.99. The number of hydrogen-bond donors (Lipinski definition) is 0. The van der Waals surface area contributed by atoms with Crippen LogP contribution in [0, 0.1) is 0 Å². The van der Waals surface area contributed by atoms with Crippen molar-refractivity contribution in [2.45, 2.75) is 37.8 Å². The molecule has 0 bridgehead atoms. The predicted octanol–water partition coefficient (Wildman–Crippen LogP) is 3.99. The Bertz CT molecular complexity index is 665. The Labute approximate surface area is 138 Å². The van der Waals surface area contributed by atoms with Gasteiger partial charge in [0.05, 0.1) is 11.0 Å². The first-order valence-electron chi connectivity index (χ1n) is 7.72. The van der Waals surface area contributed by atoms with Crippen molar-refractivity contribution in [1.29, 1.82) is 0 Å². The summed E-state index contributed by atoms with van der Waals surface area (Å²) < 4.78 is 3.54. The summed E-state index contributed by atoms with van der Waals surface area (Å²) in [6.45, 7) is 2.40. The van der Waals surface area contributed by atoms with E-state index in [1.807, 2.05) is 0 Å². The molecule has 1 saturated carbocycles. The van der Waals surface area contributed by atoms with Gasteiger partial charge in [-0.25, -0.2) is 4.98 Å². The molecule has 1 aromatic heterocycles. The Morgan fingerprint density at radius 1 is 1.24 bits per heavy atom. The van der Waals surface area contributed by atoms with Crippen LogP contribution in [0.25, 0.3) is 11.0 Å². The summed E-state index contributed by atoms with van der Waals surface area (Å²) in [7, 11) is 0. The molecule has 4 rings (SSSR count). The van der Waals surface area contributed by atoms with Gasteiger partial charge in [-0.1, -0.05) is 15.9 Å². The van der Waals surface area contributed by atoms with Crippen LogP contribution in [0.5, 0.6) is 0 Å². The quantitative estimate of drug-likeness (QED) is 0.761. The Morgan fingerprint density at radius 3 is 2.86 bits per heavy atom. The van der Waals surface area contributed by atoms with Crippen LogP contribution in [0.15, 0.2) is 22.7 Å². The van der Waals surface area contributed by atoms with Crippen molar-refractivity contribution in [2.24, 2.45) is 0 Å². The molecule has 1 aliphatic carbocycles. The van der Waals surface area contributed by atoms with Gasteiger partial charge in [0.15, 0.2) is 0 Å². The van der Waals surface area contributed by atoms with E-state index in [9.17, 15) is 0 Å². The fourth-order valence-corrected chi connectivity index (χ4v) is 4.06. The Balaban J connectivity index is 1.73. The van der Waals surface area contributed by atoms with Gasteiger partial charge in [0.25, 0.3) is 0 Å². The van der Waals surface area contributed by atoms with Gasteiger partial charge in [-0.2, -0.15) is 0 Å². The second-order valence-corrected chi connectivity index (χ2v) is 7.43. The number of benzene rings is 1. The third kappa shape index (κ3) is 2.62. The lowest BCUT2D eigenvalue weighted by Crippen LogP contribution is -2.24. The number of nitrogens with zero attached hydrogens (tertiary/aromatic N) is 3. The highest BCUT2D eigenvalue weighted by Crippen LogP contribution is 2.35. The van der Waals surface area contributed by atoms with Crippen molar-refractivity contribution in [3.63, 3.8) is 0 Å². The largest absolute Gasteiger partial charge is 0.323 e. The molecule has 1 unspecified atom stereocenters. The van der Waals surface area contributed by atoms with E-state index in [0.717, 1.165) is 28.3 Å². The molecule has 0 radical (unpaired) electrons. The van der Waals surface area contributed by atoms with Crippen molar-refractivity contribution >= 4 is 38.6 Å². The van der Waals surface area contributed by atoms with Gasteiger partial charge in [-0.3, -0.25) is 4.90 Å². The highest BCUT2D eigenvalue weighted by molar-refractivity contribution is 9.10. The van der Waals surface area contributed by atoms with Gasteiger partial charge in [-0.15, -0.1) is 11.6 Å². The van der Waals surface area contributed by atoms with Crippen LogP contribution in [0.2, 0.25) is 0 Å². The predicted molar refractivity (Wildman–Crippen MR) is 90.1 cm³/mol. The number of aromatic nitrogens is 2. The van der Waals surface area contributed by atoms with Crippen molar-refractivity contribution in [3.05, 3.63) is 28.5 Å². The molecule has 1 saturated heterocycles. The van der Waals surface area contributed by atoms with Crippen molar-refractivity contribution < 1.29 is 0 Å². The lowest BCUT2D eigenvalue weighted by Gasteiger charge is -2.18. The molecule has 1 aliphatic heterocycles. The molecular weight excluding hydrogens is 350 g/mol. The molecule has 0 spiro atoms. The first-order valence-corrected chi connectivity index (χ1v) is 9.05. The van der Waals surface area contributed by atoms with Gasteiger partial charge in [0.1, 0.15) is 5.82 Å². The van der Waals surface area contributed by atoms with Gasteiger partial charge >= 0.3 is 0 Å². The number of hydrogen-bond acceptors (Lipinski definition) is 2. The Hall–Kier alpha value is -0.580. The van der Waals surface area contributed by atoms with E-state index in [2.05, 4.69) is 43.6 Å². The first kappa shape index (κ1) is 14.0. The van der Waals surface area contributed by atoms with Crippen molar-refractivity contribution in [2.75, 3.05) is 19.0 Å². The van der Waals surface area contributed by atoms with Crippen LogP contribution in [-0.4, -0.2) is 39.5 Å². The van der Waals surface area contributed by atoms with Crippen LogP contribution in [0.3, 0.4) is 0 Å². The minimum Gasteiger partial charge on any atom is -0.323 e. The number of imidazole rings is 1. The first-order chi connectivity index (χ1) is 10.3. The smallest absolute Gasteiger partial charge is 0.111 e. The maximum Gasteiger partial charge on any atom is 0.111 e. The van der Waals surface area contributed by atoms with E-state index in [1.165, 1.54) is 37.9 Å². The van der Waals surface area contributed by atoms with E-state index in [1.54, 1.807) is 0 Å². The lowest BCUT2D eigenvalue weighted by atomic mass is 10.2. The number of halogens is 2. The molecule has 5 heteroatoms. The summed E-state index contributed by atoms with van der Waals surface area (Å²) >= 11 is 9.53. The summed E-state index contributed by atoms with van der Waals surface area (Å²) in [5, 5.41) is 0. The minimum absolute atomic E-state index is 0.551. The fraction of sp³-hybridized carbons (Fsp3) is 0.562. The summed E-state index contributed by atoms with van der Waals surface area (Å²) in [4.78, 5) is 7.48. The van der Waals surface area contributed by atoms with E-state index >= 15 is 0 Å². The molecule has 0 N–H and O–H groups in total. The average Bonchev–Trinajstić information content (AvgIpc) is 3.10. The molecule has 1 aromatic carbocycles. The van der Waals surface area contributed by atoms with E-state index < -0.39 is 0 Å². The highest BCUT2D eigenvalue weighted by atomic mass is 79.9. The van der Waals surface area contributed by atoms with Crippen LogP contribution >= 0.6 is 27.5 Å². The average molecular weight is 369 g/mol. The number of fused-ring (bicyclic) bond motifs is 1. The van der Waals surface area contributed by atoms with Gasteiger partial charge in [0, 0.05) is 41.9 Å². The second kappa shape index (κ2) is 5.56. The summed E-state index contributed by atoms with van der Waals surface area (Å²) in [6.07, 6.45) is 4.85. The molecule has 112 valence electrons. The summed E-state index contributed by atoms with van der Waals surface area (Å²) in [5.41, 5.74) is 2.33. The second-order valence-electron chi connectivity index (χ2n) is 6.14. The third-order valence-electron chi connectivity index (χ3n) is 4.67. The van der Waals surface area contributed by atoms with Crippen molar-refractivity contribution in [1.82, 2.24) is 14.5 Å². The molecule has 0 amide bonds. The molecule has 3 nitrogen and oxygen atoms in total. The van der Waals surface area contributed by atoms with Crippen LogP contribution < -0.4 is 0 Å². The van der Waals surface area contributed by atoms with E-state index in [4.69, 9.17) is 16.6 Å². The maximum atomic E-state index is 5.99. The lowest BCUT2D eigenvalue weighted by molar-refractivity contribution is 0.314. The zero-order chi connectivity index (χ0) is 14.4. The molecule has 2 heterocycles. The number of aryl methyl sites for hydroxylation is 1. The zero-order valence-electron chi connectivity index (χ0n) is 11.9. The van der Waals surface area contributed by atoms with Crippen molar-refractivity contribution in [3.8, 4) is 0 Å². The zero-order valence-corrected chi connectivity index (χ0v) is 14.3. The van der Waals surface area contributed by atoms with Crippen LogP contribution in [0.1, 0.15) is 31.1 Å². The van der Waals surface area contributed by atoms with Crippen LogP contribution in [-0.2, 0) is 6.42 Å². The molecule has 2 aliphatic rings. The van der Waals surface area contributed by atoms with E-state index in [-0.39, 0.29) is 0 Å². The Morgan fingerprint density at radius 2 is 2.10 bits per heavy atom. The standard InChI is InChI=1S/C16H19BrClN3/c17-11-1-4-15-14(9-11)19-16(5-7-18)21(15)13-6-8-20(10-13)12-2-3-12/h1,4,9,12-13H,2-3,5-8,10H2. The topological polar surface area (TPSA) is 21.1 Å². The minimum atomic E-state index is 0.551. The van der Waals surface area contributed by atoms with Crippen LogP contribution in [0.4, 0.5) is 0 Å². The van der Waals surface area contributed by atoms with Gasteiger partial charge in [-0.05, 0) is 37.5 Å². The summed E-state index contributed by atoms with van der Waals surface area (Å²) in [6, 6.07) is 7.81. The normalized spacial score (nSPS) is 23.2. The number of alkyl halides is 1. The fourth-order valence-electron chi connectivity index (χ4n) is 3.54. The molecule has 2 fully saturated rings.